The number of anilines is 1. The maximum atomic E-state index is 10.6. The minimum Gasteiger partial charge on any atom is -0.478 e. The maximum Gasteiger partial charge on any atom is 0.328 e. The molecule has 1 aliphatic heterocycles. The second-order valence-corrected chi connectivity index (χ2v) is 6.43. The van der Waals surface area contributed by atoms with Gasteiger partial charge in [0.1, 0.15) is 5.82 Å². The van der Waals surface area contributed by atoms with E-state index in [1.807, 2.05) is 0 Å². The van der Waals surface area contributed by atoms with Crippen molar-refractivity contribution in [3.63, 3.8) is 0 Å². The lowest BCUT2D eigenvalue weighted by Gasteiger charge is -2.31. The third-order valence-corrected chi connectivity index (χ3v) is 4.50. The van der Waals surface area contributed by atoms with Crippen LogP contribution in [0, 0.1) is 6.92 Å². The van der Waals surface area contributed by atoms with Crippen LogP contribution in [0.25, 0.3) is 6.08 Å². The molecule has 0 unspecified atom stereocenters. The number of aryl methyl sites for hydroxylation is 1. The molecule has 0 aliphatic carbocycles. The molecule has 1 aromatic carbocycles. The molecule has 0 bridgehead atoms. The van der Waals surface area contributed by atoms with Gasteiger partial charge in [-0.2, -0.15) is 0 Å². The summed E-state index contributed by atoms with van der Waals surface area (Å²) in [6.07, 6.45) is 7.63. The first-order valence-corrected chi connectivity index (χ1v) is 8.33. The van der Waals surface area contributed by atoms with Gasteiger partial charge in [-0.3, -0.25) is 4.98 Å². The molecule has 6 nitrogen and oxygen atoms in total. The first-order valence-electron chi connectivity index (χ1n) is 8.33. The molecular formula is C19H22N4O2. The number of nitrogens with zero attached hydrogens (tertiary/aromatic N) is 2. The van der Waals surface area contributed by atoms with Crippen molar-refractivity contribution >= 4 is 17.9 Å². The SMILES string of the molecule is Cc1ccccc1C[C@@]1(Nc2cnc(/C=C/C(=O)O)cn2)CCNC1. The van der Waals surface area contributed by atoms with Crippen LogP contribution in [0.1, 0.15) is 23.2 Å². The van der Waals surface area contributed by atoms with Crippen molar-refractivity contribution < 1.29 is 9.90 Å². The van der Waals surface area contributed by atoms with Gasteiger partial charge in [0.15, 0.2) is 0 Å². The van der Waals surface area contributed by atoms with E-state index in [4.69, 9.17) is 5.11 Å². The minimum atomic E-state index is -1.00. The van der Waals surface area contributed by atoms with Crippen molar-refractivity contribution in [2.75, 3.05) is 18.4 Å². The zero-order valence-corrected chi connectivity index (χ0v) is 14.2. The zero-order valence-electron chi connectivity index (χ0n) is 14.2. The zero-order chi connectivity index (χ0) is 17.7. The fraction of sp³-hybridized carbons (Fsp3) is 0.316. The normalized spacial score (nSPS) is 20.0. The van der Waals surface area contributed by atoms with Crippen molar-refractivity contribution in [3.8, 4) is 0 Å². The van der Waals surface area contributed by atoms with E-state index < -0.39 is 5.97 Å². The van der Waals surface area contributed by atoms with E-state index >= 15 is 0 Å². The highest BCUT2D eigenvalue weighted by Gasteiger charge is 2.34. The maximum absolute atomic E-state index is 10.6. The summed E-state index contributed by atoms with van der Waals surface area (Å²) < 4.78 is 0. The molecule has 3 rings (SSSR count). The molecule has 0 saturated carbocycles. The molecule has 1 atom stereocenters. The minimum absolute atomic E-state index is 0.0980. The molecule has 130 valence electrons. The number of rotatable bonds is 6. The van der Waals surface area contributed by atoms with Gasteiger partial charge in [-0.25, -0.2) is 9.78 Å². The first kappa shape index (κ1) is 17.1. The summed E-state index contributed by atoms with van der Waals surface area (Å²) in [5.41, 5.74) is 3.04. The topological polar surface area (TPSA) is 87.1 Å². The highest BCUT2D eigenvalue weighted by Crippen LogP contribution is 2.26. The fourth-order valence-electron chi connectivity index (χ4n) is 3.14. The second-order valence-electron chi connectivity index (χ2n) is 6.43. The van der Waals surface area contributed by atoms with Gasteiger partial charge in [0, 0.05) is 12.6 Å². The monoisotopic (exact) mass is 338 g/mol. The first-order chi connectivity index (χ1) is 12.1. The van der Waals surface area contributed by atoms with Crippen LogP contribution in [0.2, 0.25) is 0 Å². The van der Waals surface area contributed by atoms with Crippen LogP contribution in [-0.2, 0) is 11.2 Å². The van der Waals surface area contributed by atoms with E-state index in [0.29, 0.717) is 11.5 Å². The summed E-state index contributed by atoms with van der Waals surface area (Å²) in [6.45, 7) is 3.96. The predicted octanol–water partition coefficient (Wildman–Crippen LogP) is 2.27. The summed E-state index contributed by atoms with van der Waals surface area (Å²) in [7, 11) is 0. The van der Waals surface area contributed by atoms with Gasteiger partial charge in [0.05, 0.1) is 23.6 Å². The molecule has 25 heavy (non-hydrogen) atoms. The van der Waals surface area contributed by atoms with E-state index in [0.717, 1.165) is 32.0 Å². The average Bonchev–Trinajstić information content (AvgIpc) is 3.04. The molecule has 0 amide bonds. The molecule has 0 radical (unpaired) electrons. The highest BCUT2D eigenvalue weighted by molar-refractivity contribution is 5.84. The van der Waals surface area contributed by atoms with Gasteiger partial charge in [-0.1, -0.05) is 24.3 Å². The number of hydrogen-bond acceptors (Lipinski definition) is 5. The molecule has 0 spiro atoms. The quantitative estimate of drug-likeness (QED) is 0.701. The third-order valence-electron chi connectivity index (χ3n) is 4.50. The average molecular weight is 338 g/mol. The van der Waals surface area contributed by atoms with Crippen molar-refractivity contribution in [1.82, 2.24) is 15.3 Å². The van der Waals surface area contributed by atoms with Crippen LogP contribution in [0.4, 0.5) is 5.82 Å². The molecule has 2 aromatic rings. The molecule has 1 aromatic heterocycles. The number of nitrogens with one attached hydrogen (secondary N) is 2. The Morgan fingerprint density at radius 3 is 2.84 bits per heavy atom. The summed E-state index contributed by atoms with van der Waals surface area (Å²) >= 11 is 0. The number of hydrogen-bond donors (Lipinski definition) is 3. The van der Waals surface area contributed by atoms with Crippen LogP contribution in [0.15, 0.2) is 42.7 Å². The third kappa shape index (κ3) is 4.42. The van der Waals surface area contributed by atoms with Crippen LogP contribution >= 0.6 is 0 Å². The van der Waals surface area contributed by atoms with Gasteiger partial charge < -0.3 is 15.7 Å². The standard InChI is InChI=1S/C19H22N4O2/c1-14-4-2-3-5-15(14)10-19(8-9-20-13-19)23-17-12-21-16(11-22-17)6-7-18(24)25/h2-7,11-12,20H,8-10,13H2,1H3,(H,22,23)(H,24,25)/b7-6+/t19-/m0/s1. The van der Waals surface area contributed by atoms with Gasteiger partial charge in [-0.05, 0) is 43.5 Å². The van der Waals surface area contributed by atoms with Crippen molar-refractivity contribution in [2.45, 2.75) is 25.3 Å². The lowest BCUT2D eigenvalue weighted by Crippen LogP contribution is -2.43. The van der Waals surface area contributed by atoms with Gasteiger partial charge in [0.25, 0.3) is 0 Å². The lowest BCUT2D eigenvalue weighted by molar-refractivity contribution is -0.131. The molecule has 2 heterocycles. The lowest BCUT2D eigenvalue weighted by atomic mass is 9.88. The Morgan fingerprint density at radius 2 is 2.20 bits per heavy atom. The summed E-state index contributed by atoms with van der Waals surface area (Å²) in [6, 6.07) is 8.43. The largest absolute Gasteiger partial charge is 0.478 e. The number of benzene rings is 1. The van der Waals surface area contributed by atoms with Crippen LogP contribution < -0.4 is 10.6 Å². The summed E-state index contributed by atoms with van der Waals surface area (Å²) in [5.74, 6) is -0.303. The van der Waals surface area contributed by atoms with Gasteiger partial charge in [-0.15, -0.1) is 0 Å². The Kier molecular flexibility index (Phi) is 5.09. The van der Waals surface area contributed by atoms with E-state index in [2.05, 4.69) is 51.8 Å². The Bertz CT molecular complexity index is 765. The number of aliphatic carboxylic acids is 1. The number of carboxylic acids is 1. The van der Waals surface area contributed by atoms with Gasteiger partial charge in [0.2, 0.25) is 0 Å². The second kappa shape index (κ2) is 7.44. The molecule has 1 saturated heterocycles. The smallest absolute Gasteiger partial charge is 0.328 e. The summed E-state index contributed by atoms with van der Waals surface area (Å²) in [5, 5.41) is 15.6. The molecule has 1 fully saturated rings. The van der Waals surface area contributed by atoms with E-state index in [-0.39, 0.29) is 5.54 Å². The Labute approximate surface area is 147 Å². The molecule has 6 heteroatoms. The highest BCUT2D eigenvalue weighted by atomic mass is 16.4. The molecule has 3 N–H and O–H groups in total. The van der Waals surface area contributed by atoms with Gasteiger partial charge >= 0.3 is 5.97 Å². The predicted molar refractivity (Wildman–Crippen MR) is 97.4 cm³/mol. The number of carboxylic acid groups (broad SMARTS) is 1. The van der Waals surface area contributed by atoms with Crippen molar-refractivity contribution in [1.29, 1.82) is 0 Å². The molecular weight excluding hydrogens is 316 g/mol. The van der Waals surface area contributed by atoms with Crippen LogP contribution in [0.5, 0.6) is 0 Å². The van der Waals surface area contributed by atoms with Crippen LogP contribution in [0.3, 0.4) is 0 Å². The summed E-state index contributed by atoms with van der Waals surface area (Å²) in [4.78, 5) is 19.2. The van der Waals surface area contributed by atoms with Crippen molar-refractivity contribution in [2.24, 2.45) is 0 Å². The Balaban J connectivity index is 1.76. The van der Waals surface area contributed by atoms with E-state index in [1.165, 1.54) is 17.2 Å². The Morgan fingerprint density at radius 1 is 1.36 bits per heavy atom. The number of carbonyl (C=O) groups is 1. The molecule has 1 aliphatic rings. The van der Waals surface area contributed by atoms with E-state index in [1.54, 1.807) is 12.4 Å². The van der Waals surface area contributed by atoms with Crippen molar-refractivity contribution in [3.05, 3.63) is 59.6 Å². The fourth-order valence-corrected chi connectivity index (χ4v) is 3.14. The van der Waals surface area contributed by atoms with E-state index in [9.17, 15) is 4.79 Å². The number of aromatic nitrogens is 2. The van der Waals surface area contributed by atoms with Crippen LogP contribution in [-0.4, -0.2) is 39.7 Å². The Hall–Kier alpha value is -2.73.